The average Bonchev–Trinajstić information content (AvgIpc) is 2.45. The van der Waals surface area contributed by atoms with Crippen LogP contribution in [-0.2, 0) is 6.42 Å². The minimum absolute atomic E-state index is 0.124. The predicted octanol–water partition coefficient (Wildman–Crippen LogP) is 3.08. The summed E-state index contributed by atoms with van der Waals surface area (Å²) in [6.07, 6.45) is 6.11. The second-order valence-electron chi connectivity index (χ2n) is 6.79. The quantitative estimate of drug-likeness (QED) is 0.721. The van der Waals surface area contributed by atoms with Crippen LogP contribution in [0.5, 0.6) is 0 Å². The molecule has 2 aliphatic carbocycles. The standard InChI is InChI=1S/C20H18O/c1-20(2)10-9-13-7-8-16-15-6-4-3-5-14(15)11-18(21)19(16)17(13)12-20/h3-9,12H,10-11H2,1-2H3. The Morgan fingerprint density at radius 1 is 1.00 bits per heavy atom. The normalized spacial score (nSPS) is 17.9. The van der Waals surface area contributed by atoms with Crippen LogP contribution >= 0.6 is 0 Å². The molecule has 2 aromatic rings. The van der Waals surface area contributed by atoms with Crippen LogP contribution in [0.15, 0.2) is 36.4 Å². The fourth-order valence-electron chi connectivity index (χ4n) is 3.52. The van der Waals surface area contributed by atoms with Crippen molar-refractivity contribution in [2.45, 2.75) is 26.7 Å². The maximum atomic E-state index is 12.7. The van der Waals surface area contributed by atoms with E-state index in [2.05, 4.69) is 56.3 Å². The molecule has 0 N–H and O–H groups in total. The second-order valence-corrected chi connectivity index (χ2v) is 6.79. The van der Waals surface area contributed by atoms with Crippen LogP contribution in [-0.4, -0.2) is 5.78 Å². The number of carbonyl (C=O) groups is 1. The van der Waals surface area contributed by atoms with Crippen molar-refractivity contribution in [3.05, 3.63) is 58.0 Å². The summed E-state index contributed by atoms with van der Waals surface area (Å²) in [4.78, 5) is 12.7. The van der Waals surface area contributed by atoms with Gasteiger partial charge in [0, 0.05) is 12.0 Å². The first-order chi connectivity index (χ1) is 10.1. The molecule has 0 unspecified atom stereocenters. The van der Waals surface area contributed by atoms with Crippen molar-refractivity contribution in [3.8, 4) is 11.1 Å². The van der Waals surface area contributed by atoms with Crippen molar-refractivity contribution in [1.29, 1.82) is 0 Å². The number of hydrogen-bond acceptors (Lipinski definition) is 1. The molecule has 4 rings (SSSR count). The van der Waals surface area contributed by atoms with E-state index in [-0.39, 0.29) is 11.2 Å². The number of carbonyl (C=O) groups excluding carboxylic acids is 1. The van der Waals surface area contributed by atoms with Crippen LogP contribution in [0.2, 0.25) is 0 Å². The summed E-state index contributed by atoms with van der Waals surface area (Å²) in [5, 5.41) is 2.35. The minimum Gasteiger partial charge on any atom is -0.294 e. The molecule has 0 aromatic heterocycles. The van der Waals surface area contributed by atoms with Gasteiger partial charge in [0.2, 0.25) is 0 Å². The monoisotopic (exact) mass is 274 g/mol. The zero-order chi connectivity index (χ0) is 14.6. The van der Waals surface area contributed by atoms with E-state index in [9.17, 15) is 4.79 Å². The van der Waals surface area contributed by atoms with Crippen molar-refractivity contribution < 1.29 is 4.79 Å². The molecule has 0 spiro atoms. The number of fused-ring (bicyclic) bond motifs is 5. The third-order valence-electron chi connectivity index (χ3n) is 4.60. The molecule has 0 heterocycles. The fourth-order valence-corrected chi connectivity index (χ4v) is 3.52. The number of rotatable bonds is 0. The summed E-state index contributed by atoms with van der Waals surface area (Å²) in [6, 6.07) is 12.5. The topological polar surface area (TPSA) is 17.1 Å². The Labute approximate surface area is 124 Å². The maximum Gasteiger partial charge on any atom is 0.168 e. The maximum absolute atomic E-state index is 12.7. The molecule has 0 atom stereocenters. The summed E-state index contributed by atoms with van der Waals surface area (Å²) in [7, 11) is 0. The van der Waals surface area contributed by atoms with Crippen LogP contribution in [0.4, 0.5) is 0 Å². The number of Topliss-reactive ketones (excluding diaryl/α,β-unsaturated/α-hetero) is 1. The molecule has 0 aliphatic heterocycles. The van der Waals surface area contributed by atoms with Gasteiger partial charge >= 0.3 is 0 Å². The molecule has 0 bridgehead atoms. The molecular weight excluding hydrogens is 256 g/mol. The van der Waals surface area contributed by atoms with E-state index in [1.165, 1.54) is 10.8 Å². The largest absolute Gasteiger partial charge is 0.294 e. The van der Waals surface area contributed by atoms with Gasteiger partial charge < -0.3 is 0 Å². The average molecular weight is 274 g/mol. The summed E-state index contributed by atoms with van der Waals surface area (Å²) in [5.74, 6) is 0.253. The van der Waals surface area contributed by atoms with Gasteiger partial charge in [-0.1, -0.05) is 62.4 Å². The van der Waals surface area contributed by atoms with E-state index in [4.69, 9.17) is 0 Å². The Morgan fingerprint density at radius 2 is 1.81 bits per heavy atom. The molecule has 2 aromatic carbocycles. The summed E-state index contributed by atoms with van der Waals surface area (Å²) in [6.45, 7) is 4.46. The Kier molecular flexibility index (Phi) is 2.50. The lowest BCUT2D eigenvalue weighted by Gasteiger charge is -2.25. The fraction of sp³-hybridized carbons (Fsp3) is 0.250. The van der Waals surface area contributed by atoms with Gasteiger partial charge in [-0.15, -0.1) is 0 Å². The van der Waals surface area contributed by atoms with Crippen LogP contribution in [0.25, 0.3) is 23.3 Å². The zero-order valence-corrected chi connectivity index (χ0v) is 12.4. The Balaban J connectivity index is 2.13. The van der Waals surface area contributed by atoms with Gasteiger partial charge in [-0.2, -0.15) is 0 Å². The molecule has 0 saturated heterocycles. The van der Waals surface area contributed by atoms with E-state index < -0.39 is 0 Å². The van der Waals surface area contributed by atoms with Crippen molar-refractivity contribution in [2.75, 3.05) is 0 Å². The zero-order valence-electron chi connectivity index (χ0n) is 12.4. The van der Waals surface area contributed by atoms with Gasteiger partial charge in [0.25, 0.3) is 0 Å². The SMILES string of the molecule is CC1(C)C=c2c3c(ccc2=CC1)-c1ccccc1CC3=O. The van der Waals surface area contributed by atoms with Crippen LogP contribution in [0, 0.1) is 5.41 Å². The van der Waals surface area contributed by atoms with E-state index in [1.807, 2.05) is 6.07 Å². The molecule has 1 nitrogen and oxygen atoms in total. The molecular formula is C20H18O. The lowest BCUT2D eigenvalue weighted by Crippen LogP contribution is -2.38. The van der Waals surface area contributed by atoms with E-state index >= 15 is 0 Å². The Hall–Kier alpha value is -2.15. The van der Waals surface area contributed by atoms with Crippen LogP contribution < -0.4 is 10.4 Å². The van der Waals surface area contributed by atoms with Crippen molar-refractivity contribution in [2.24, 2.45) is 5.41 Å². The molecule has 0 fully saturated rings. The Morgan fingerprint density at radius 3 is 2.67 bits per heavy atom. The summed E-state index contributed by atoms with van der Waals surface area (Å²) < 4.78 is 0. The first-order valence-corrected chi connectivity index (χ1v) is 7.53. The molecule has 104 valence electrons. The van der Waals surface area contributed by atoms with Gasteiger partial charge in [-0.3, -0.25) is 4.79 Å². The number of hydrogen-bond donors (Lipinski definition) is 0. The predicted molar refractivity (Wildman–Crippen MR) is 86.5 cm³/mol. The van der Waals surface area contributed by atoms with Gasteiger partial charge in [0.1, 0.15) is 0 Å². The summed E-state index contributed by atoms with van der Waals surface area (Å²) in [5.41, 5.74) is 4.51. The Bertz CT molecular complexity index is 885. The lowest BCUT2D eigenvalue weighted by atomic mass is 9.78. The van der Waals surface area contributed by atoms with Gasteiger partial charge in [0.05, 0.1) is 0 Å². The highest BCUT2D eigenvalue weighted by atomic mass is 16.1. The highest BCUT2D eigenvalue weighted by Crippen LogP contribution is 2.32. The van der Waals surface area contributed by atoms with Crippen molar-refractivity contribution >= 4 is 17.9 Å². The summed E-state index contributed by atoms with van der Waals surface area (Å²) >= 11 is 0. The second kappa shape index (κ2) is 4.17. The van der Waals surface area contributed by atoms with Crippen molar-refractivity contribution in [1.82, 2.24) is 0 Å². The smallest absolute Gasteiger partial charge is 0.168 e. The number of benzene rings is 2. The van der Waals surface area contributed by atoms with Crippen LogP contribution in [0.3, 0.4) is 0 Å². The van der Waals surface area contributed by atoms with E-state index in [0.717, 1.165) is 28.3 Å². The van der Waals surface area contributed by atoms with Crippen molar-refractivity contribution in [3.63, 3.8) is 0 Å². The molecule has 0 radical (unpaired) electrons. The molecule has 2 aliphatic rings. The molecule has 0 amide bonds. The highest BCUT2D eigenvalue weighted by molar-refractivity contribution is 6.07. The van der Waals surface area contributed by atoms with Gasteiger partial charge in [-0.05, 0) is 39.0 Å². The van der Waals surface area contributed by atoms with Crippen LogP contribution in [0.1, 0.15) is 36.2 Å². The highest BCUT2D eigenvalue weighted by Gasteiger charge is 2.25. The van der Waals surface area contributed by atoms with E-state index in [0.29, 0.717) is 6.42 Å². The third-order valence-corrected chi connectivity index (χ3v) is 4.60. The number of ketones is 1. The van der Waals surface area contributed by atoms with Gasteiger partial charge in [0.15, 0.2) is 5.78 Å². The van der Waals surface area contributed by atoms with E-state index in [1.54, 1.807) is 0 Å². The van der Waals surface area contributed by atoms with Gasteiger partial charge in [-0.25, -0.2) is 0 Å². The first-order valence-electron chi connectivity index (χ1n) is 7.53. The minimum atomic E-state index is 0.124. The third kappa shape index (κ3) is 1.88. The first kappa shape index (κ1) is 12.6. The molecule has 0 saturated carbocycles. The molecule has 1 heteroatoms. The molecule has 21 heavy (non-hydrogen) atoms. The lowest BCUT2D eigenvalue weighted by molar-refractivity contribution is 0.0991.